The molecule has 2 rings (SSSR count). The number of rotatable bonds is 4. The molecule has 0 radical (unpaired) electrons. The molecule has 1 aromatic heterocycles. The normalized spacial score (nSPS) is 11.6. The first-order valence-corrected chi connectivity index (χ1v) is 7.47. The second-order valence-electron chi connectivity index (χ2n) is 4.89. The molecular formula is C15H20N3S+. The average molecular weight is 274 g/mol. The van der Waals surface area contributed by atoms with Crippen LogP contribution in [0.4, 0.5) is 10.8 Å². The summed E-state index contributed by atoms with van der Waals surface area (Å²) >= 11 is 1.59. The van der Waals surface area contributed by atoms with Crippen LogP contribution in [0.25, 0.3) is 0 Å². The first kappa shape index (κ1) is 13.9. The number of hydrogen-bond acceptors (Lipinski definition) is 3. The van der Waals surface area contributed by atoms with E-state index in [9.17, 15) is 0 Å². The van der Waals surface area contributed by atoms with E-state index < -0.39 is 0 Å². The number of hydrogen-bond donors (Lipinski definition) is 0. The largest absolute Gasteiger partial charge is 0.408 e. The Kier molecular flexibility index (Phi) is 4.43. The minimum absolute atomic E-state index is 0.548. The molecule has 2 aromatic rings. The van der Waals surface area contributed by atoms with Gasteiger partial charge in [-0.2, -0.15) is 0 Å². The van der Waals surface area contributed by atoms with E-state index in [1.807, 2.05) is 23.2 Å². The molecule has 0 spiro atoms. The summed E-state index contributed by atoms with van der Waals surface area (Å²) < 4.78 is 1.97. The van der Waals surface area contributed by atoms with Crippen LogP contribution in [0.1, 0.15) is 37.8 Å². The molecule has 0 N–H and O–H groups in total. The minimum atomic E-state index is 0.548. The lowest BCUT2D eigenvalue weighted by Crippen LogP contribution is -2.23. The van der Waals surface area contributed by atoms with Gasteiger partial charge in [0.05, 0.1) is 12.2 Å². The van der Waals surface area contributed by atoms with Gasteiger partial charge in [0.25, 0.3) is 0 Å². The highest BCUT2D eigenvalue weighted by Crippen LogP contribution is 2.27. The fraction of sp³-hybridized carbons (Fsp3) is 0.400. The van der Waals surface area contributed by atoms with Gasteiger partial charge in [0.2, 0.25) is 0 Å². The Morgan fingerprint density at radius 2 is 2.05 bits per heavy atom. The molecule has 3 nitrogen and oxygen atoms in total. The number of aryl methyl sites for hydroxylation is 2. The monoisotopic (exact) mass is 274 g/mol. The molecule has 0 fully saturated rings. The highest BCUT2D eigenvalue weighted by molar-refractivity contribution is 7.12. The minimum Gasteiger partial charge on any atom is -0.222 e. The third kappa shape index (κ3) is 3.26. The average Bonchev–Trinajstić information content (AvgIpc) is 2.81. The number of azo groups is 1. The molecule has 0 bridgehead atoms. The van der Waals surface area contributed by atoms with Crippen molar-refractivity contribution in [2.75, 3.05) is 0 Å². The van der Waals surface area contributed by atoms with E-state index in [-0.39, 0.29) is 0 Å². The van der Waals surface area contributed by atoms with Gasteiger partial charge in [0.1, 0.15) is 11.9 Å². The number of nitrogens with zero attached hydrogens (tertiary/aromatic N) is 3. The third-order valence-corrected chi connectivity index (χ3v) is 3.99. The Morgan fingerprint density at radius 1 is 1.26 bits per heavy atom. The van der Waals surface area contributed by atoms with Crippen LogP contribution in [-0.2, 0) is 13.5 Å². The second-order valence-corrected chi connectivity index (χ2v) is 5.77. The molecule has 0 aliphatic heterocycles. The summed E-state index contributed by atoms with van der Waals surface area (Å²) in [4.78, 5) is 0. The maximum absolute atomic E-state index is 4.40. The molecule has 4 heteroatoms. The molecule has 0 saturated heterocycles. The summed E-state index contributed by atoms with van der Waals surface area (Å²) in [6.07, 6.45) is 2.97. The number of thiazole rings is 1. The lowest BCUT2D eigenvalue weighted by atomic mass is 9.99. The summed E-state index contributed by atoms with van der Waals surface area (Å²) in [5.74, 6) is 0.548. The molecule has 0 atom stereocenters. The molecule has 0 unspecified atom stereocenters. The van der Waals surface area contributed by atoms with Crippen LogP contribution in [0.2, 0.25) is 0 Å². The Morgan fingerprint density at radius 3 is 2.63 bits per heavy atom. The van der Waals surface area contributed by atoms with Crippen molar-refractivity contribution in [2.24, 2.45) is 17.3 Å². The Hall–Kier alpha value is -1.55. The van der Waals surface area contributed by atoms with Gasteiger partial charge in [-0.1, -0.05) is 32.9 Å². The Balaban J connectivity index is 2.30. The molecule has 19 heavy (non-hydrogen) atoms. The van der Waals surface area contributed by atoms with Crippen LogP contribution in [0.3, 0.4) is 0 Å². The predicted molar refractivity (Wildman–Crippen MR) is 79.6 cm³/mol. The van der Waals surface area contributed by atoms with Crippen LogP contribution < -0.4 is 4.57 Å². The highest BCUT2D eigenvalue weighted by Gasteiger charge is 2.10. The lowest BCUT2D eigenvalue weighted by Gasteiger charge is -2.08. The van der Waals surface area contributed by atoms with Crippen molar-refractivity contribution in [1.29, 1.82) is 0 Å². The molecular weight excluding hydrogens is 254 g/mol. The fourth-order valence-electron chi connectivity index (χ4n) is 1.87. The molecule has 1 heterocycles. The fourth-order valence-corrected chi connectivity index (χ4v) is 2.55. The second kappa shape index (κ2) is 6.06. The van der Waals surface area contributed by atoms with Gasteiger partial charge >= 0.3 is 5.13 Å². The van der Waals surface area contributed by atoms with Gasteiger partial charge in [-0.15, -0.1) is 0 Å². The van der Waals surface area contributed by atoms with E-state index in [4.69, 9.17) is 0 Å². The standard InChI is InChI=1S/C15H20N3S/c1-5-12-10-13(11(2)3)6-7-14(12)16-17-15-18(4)8-9-19-15/h6-11H,5H2,1-4H3/q+1. The lowest BCUT2D eigenvalue weighted by molar-refractivity contribution is -0.654. The van der Waals surface area contributed by atoms with E-state index in [2.05, 4.69) is 49.2 Å². The van der Waals surface area contributed by atoms with Gasteiger partial charge in [0.15, 0.2) is 0 Å². The maximum atomic E-state index is 4.40. The first-order valence-electron chi connectivity index (χ1n) is 6.59. The van der Waals surface area contributed by atoms with Crippen LogP contribution in [-0.4, -0.2) is 0 Å². The summed E-state index contributed by atoms with van der Waals surface area (Å²) in [5, 5.41) is 11.6. The summed E-state index contributed by atoms with van der Waals surface area (Å²) in [5.41, 5.74) is 3.59. The Labute approximate surface area is 118 Å². The zero-order chi connectivity index (χ0) is 13.8. The zero-order valence-electron chi connectivity index (χ0n) is 11.9. The van der Waals surface area contributed by atoms with Crippen molar-refractivity contribution in [3.63, 3.8) is 0 Å². The third-order valence-electron chi connectivity index (χ3n) is 3.15. The zero-order valence-corrected chi connectivity index (χ0v) is 12.7. The van der Waals surface area contributed by atoms with Crippen molar-refractivity contribution in [3.8, 4) is 0 Å². The van der Waals surface area contributed by atoms with Gasteiger partial charge in [-0.25, -0.2) is 4.57 Å². The van der Waals surface area contributed by atoms with Gasteiger partial charge in [-0.3, -0.25) is 0 Å². The summed E-state index contributed by atoms with van der Waals surface area (Å²) in [6, 6.07) is 6.46. The molecule has 0 saturated carbocycles. The molecule has 100 valence electrons. The molecule has 0 aliphatic carbocycles. The van der Waals surface area contributed by atoms with Crippen LogP contribution in [0.15, 0.2) is 40.0 Å². The maximum Gasteiger partial charge on any atom is 0.408 e. The highest BCUT2D eigenvalue weighted by atomic mass is 32.1. The van der Waals surface area contributed by atoms with Gasteiger partial charge < -0.3 is 0 Å². The Bertz CT molecular complexity index is 585. The molecule has 1 aromatic carbocycles. The van der Waals surface area contributed by atoms with Crippen molar-refractivity contribution in [1.82, 2.24) is 0 Å². The topological polar surface area (TPSA) is 28.6 Å². The molecule has 0 amide bonds. The van der Waals surface area contributed by atoms with Crippen LogP contribution >= 0.6 is 11.3 Å². The number of benzene rings is 1. The van der Waals surface area contributed by atoms with Crippen molar-refractivity contribution in [3.05, 3.63) is 40.9 Å². The van der Waals surface area contributed by atoms with E-state index >= 15 is 0 Å². The summed E-state index contributed by atoms with van der Waals surface area (Å²) in [6.45, 7) is 6.58. The SMILES string of the molecule is CCc1cc(C(C)C)ccc1N=Nc1scc[n+]1C. The van der Waals surface area contributed by atoms with Gasteiger partial charge in [0, 0.05) is 5.38 Å². The van der Waals surface area contributed by atoms with Crippen molar-refractivity contribution >= 4 is 22.2 Å². The van der Waals surface area contributed by atoms with Gasteiger partial charge in [-0.05, 0) is 46.0 Å². The van der Waals surface area contributed by atoms with E-state index in [0.29, 0.717) is 5.92 Å². The van der Waals surface area contributed by atoms with E-state index in [1.54, 1.807) is 11.3 Å². The molecule has 0 aliphatic rings. The summed E-state index contributed by atoms with van der Waals surface area (Å²) in [7, 11) is 1.98. The predicted octanol–water partition coefficient (Wildman–Crippen LogP) is 4.67. The van der Waals surface area contributed by atoms with E-state index in [0.717, 1.165) is 17.2 Å². The van der Waals surface area contributed by atoms with Crippen molar-refractivity contribution < 1.29 is 4.57 Å². The number of aromatic nitrogens is 1. The quantitative estimate of drug-likeness (QED) is 0.572. The first-order chi connectivity index (χ1) is 9.11. The van der Waals surface area contributed by atoms with Crippen LogP contribution in [0, 0.1) is 0 Å². The van der Waals surface area contributed by atoms with E-state index in [1.165, 1.54) is 11.1 Å². The van der Waals surface area contributed by atoms with Crippen LogP contribution in [0.5, 0.6) is 0 Å². The van der Waals surface area contributed by atoms with Crippen molar-refractivity contribution in [2.45, 2.75) is 33.1 Å². The smallest absolute Gasteiger partial charge is 0.222 e.